The van der Waals surface area contributed by atoms with Gasteiger partial charge < -0.3 is 0 Å². The molecule has 3 aromatic rings. The summed E-state index contributed by atoms with van der Waals surface area (Å²) < 4.78 is 0. The molecule has 0 unspecified atom stereocenters. The van der Waals surface area contributed by atoms with E-state index in [1.807, 2.05) is 60.7 Å². The van der Waals surface area contributed by atoms with E-state index in [0.717, 1.165) is 17.5 Å². The average Bonchev–Trinajstić information content (AvgIpc) is 3.06. The molecule has 1 heteroatoms. The number of hydrogen-bond donors (Lipinski definition) is 0. The summed E-state index contributed by atoms with van der Waals surface area (Å²) in [6.07, 6.45) is 5.50. The van der Waals surface area contributed by atoms with Crippen molar-refractivity contribution in [2.45, 2.75) is 6.42 Å². The molecule has 0 bridgehead atoms. The fourth-order valence-electron chi connectivity index (χ4n) is 2.15. The zero-order valence-electron chi connectivity index (χ0n) is 13.9. The molecule has 0 spiro atoms. The predicted molar refractivity (Wildman–Crippen MR) is 101 cm³/mol. The smallest absolute Gasteiger partial charge is 0.199 e. The quantitative estimate of drug-likeness (QED) is 0.414. The molecule has 0 N–H and O–H groups in total. The molecule has 0 aliphatic heterocycles. The van der Waals surface area contributed by atoms with E-state index in [0.29, 0.717) is 0 Å². The van der Waals surface area contributed by atoms with Crippen molar-refractivity contribution in [3.05, 3.63) is 127 Å². The third-order valence-electron chi connectivity index (χ3n) is 3.38. The molecular weight excluding hydrogens is 367 g/mol. The Morgan fingerprint density at radius 2 is 1.04 bits per heavy atom. The third-order valence-corrected chi connectivity index (χ3v) is 3.38. The second-order valence-electron chi connectivity index (χ2n) is 5.28. The number of hydrogen-bond acceptors (Lipinski definition) is 0. The minimum Gasteiger partial charge on any atom is -0.199 e. The largest absolute Gasteiger partial charge is 2.00 e. The van der Waals surface area contributed by atoms with Gasteiger partial charge in [-0.1, -0.05) is 48.6 Å². The zero-order valence-corrected chi connectivity index (χ0v) is 16.3. The van der Waals surface area contributed by atoms with Gasteiger partial charge in [0.25, 0.3) is 0 Å². The summed E-state index contributed by atoms with van der Waals surface area (Å²) in [6, 6.07) is 28.2. The molecule has 4 rings (SSSR count). The Hall–Kier alpha value is -1.98. The van der Waals surface area contributed by atoms with Crippen LogP contribution in [0.5, 0.6) is 0 Å². The Morgan fingerprint density at radius 1 is 0.583 bits per heavy atom. The molecular formula is C23H22Zr. The third kappa shape index (κ3) is 7.53. The Balaban J connectivity index is 0.000000179. The summed E-state index contributed by atoms with van der Waals surface area (Å²) in [5, 5.41) is 0. The fraction of sp³-hybridized carbons (Fsp3) is 0.0435. The first-order valence-electron chi connectivity index (χ1n) is 7.74. The van der Waals surface area contributed by atoms with Crippen LogP contribution >= 0.6 is 0 Å². The second-order valence-corrected chi connectivity index (χ2v) is 5.28. The summed E-state index contributed by atoms with van der Waals surface area (Å²) in [5.41, 5.74) is 4.99. The van der Waals surface area contributed by atoms with Crippen molar-refractivity contribution >= 4 is 6.08 Å². The van der Waals surface area contributed by atoms with E-state index in [4.69, 9.17) is 0 Å². The first-order chi connectivity index (χ1) is 11.3. The molecule has 0 radical (unpaired) electrons. The molecule has 1 aliphatic rings. The standard InChI is InChI=1S/C9H8.2C7H7.Zr/c1-2-5-9-7-3-6-8(9)4-1;2*1-7-5-3-2-4-6-7;/h1-6H,7H2;2*2-6H,1H2;/q;2*-1;+2. The van der Waals surface area contributed by atoms with Gasteiger partial charge in [-0.25, -0.2) is 0 Å². The van der Waals surface area contributed by atoms with Crippen molar-refractivity contribution in [3.8, 4) is 0 Å². The molecule has 0 nitrogen and oxygen atoms in total. The summed E-state index contributed by atoms with van der Waals surface area (Å²) in [4.78, 5) is 0. The first-order valence-corrected chi connectivity index (χ1v) is 7.74. The topological polar surface area (TPSA) is 0 Å². The van der Waals surface area contributed by atoms with E-state index in [2.05, 4.69) is 50.3 Å². The van der Waals surface area contributed by atoms with Gasteiger partial charge in [-0.05, 0) is 17.5 Å². The van der Waals surface area contributed by atoms with Crippen LogP contribution in [0, 0.1) is 13.8 Å². The van der Waals surface area contributed by atoms with Gasteiger partial charge in [0.05, 0.1) is 0 Å². The summed E-state index contributed by atoms with van der Waals surface area (Å²) in [7, 11) is 0. The molecule has 0 fully saturated rings. The molecule has 118 valence electrons. The number of fused-ring (bicyclic) bond motifs is 1. The average molecular weight is 390 g/mol. The van der Waals surface area contributed by atoms with Crippen LogP contribution in [0.1, 0.15) is 22.3 Å². The van der Waals surface area contributed by atoms with Crippen LogP contribution in [0.25, 0.3) is 6.08 Å². The molecule has 3 aromatic carbocycles. The van der Waals surface area contributed by atoms with Crippen molar-refractivity contribution < 1.29 is 26.2 Å². The molecule has 24 heavy (non-hydrogen) atoms. The van der Waals surface area contributed by atoms with Crippen molar-refractivity contribution in [1.29, 1.82) is 0 Å². The molecule has 0 aromatic heterocycles. The van der Waals surface area contributed by atoms with E-state index < -0.39 is 0 Å². The Bertz CT molecular complexity index is 678. The number of rotatable bonds is 0. The minimum atomic E-state index is 0. The van der Waals surface area contributed by atoms with E-state index in [1.54, 1.807) is 0 Å². The first kappa shape index (κ1) is 20.1. The van der Waals surface area contributed by atoms with Crippen molar-refractivity contribution in [2.24, 2.45) is 0 Å². The van der Waals surface area contributed by atoms with E-state index in [-0.39, 0.29) is 26.2 Å². The van der Waals surface area contributed by atoms with Gasteiger partial charge in [0.1, 0.15) is 0 Å². The summed E-state index contributed by atoms with van der Waals surface area (Å²) in [5.74, 6) is 0. The van der Waals surface area contributed by atoms with Crippen LogP contribution in [0.3, 0.4) is 0 Å². The SMILES string of the molecule is C1=Cc2ccccc2C1.[CH2-]c1ccccc1.[CH2-]c1ccccc1.[Zr+2]. The number of benzene rings is 3. The maximum Gasteiger partial charge on any atom is 2.00 e. The van der Waals surface area contributed by atoms with Gasteiger partial charge in [-0.2, -0.15) is 49.2 Å². The van der Waals surface area contributed by atoms with E-state index in [1.165, 1.54) is 11.1 Å². The molecule has 0 heterocycles. The summed E-state index contributed by atoms with van der Waals surface area (Å²) >= 11 is 0. The predicted octanol–water partition coefficient (Wildman–Crippen LogP) is 5.99. The van der Waals surface area contributed by atoms with Crippen molar-refractivity contribution in [3.63, 3.8) is 0 Å². The van der Waals surface area contributed by atoms with Gasteiger partial charge >= 0.3 is 26.2 Å². The molecule has 0 atom stereocenters. The van der Waals surface area contributed by atoms with E-state index in [9.17, 15) is 0 Å². The molecule has 0 saturated carbocycles. The Labute approximate surface area is 165 Å². The van der Waals surface area contributed by atoms with Gasteiger partial charge in [0.2, 0.25) is 0 Å². The normalized spacial score (nSPS) is 10.2. The van der Waals surface area contributed by atoms with Crippen LogP contribution in [0.2, 0.25) is 0 Å². The van der Waals surface area contributed by atoms with Crippen LogP contribution in [-0.2, 0) is 32.6 Å². The van der Waals surface area contributed by atoms with Crippen LogP contribution in [0.4, 0.5) is 0 Å². The van der Waals surface area contributed by atoms with Gasteiger partial charge in [-0.3, -0.25) is 0 Å². The maximum absolute atomic E-state index is 3.72. The molecule has 0 amide bonds. The van der Waals surface area contributed by atoms with Gasteiger partial charge in [-0.15, -0.1) is 24.3 Å². The maximum atomic E-state index is 3.72. The Kier molecular flexibility index (Phi) is 9.65. The second kappa shape index (κ2) is 11.5. The van der Waals surface area contributed by atoms with Gasteiger partial charge in [0, 0.05) is 0 Å². The van der Waals surface area contributed by atoms with Crippen molar-refractivity contribution in [1.82, 2.24) is 0 Å². The minimum absolute atomic E-state index is 0. The van der Waals surface area contributed by atoms with Crippen LogP contribution in [-0.4, -0.2) is 0 Å². The fourth-order valence-corrected chi connectivity index (χ4v) is 2.15. The zero-order chi connectivity index (χ0) is 16.3. The summed E-state index contributed by atoms with van der Waals surface area (Å²) in [6.45, 7) is 7.44. The molecule has 0 saturated heterocycles. The Morgan fingerprint density at radius 3 is 1.46 bits per heavy atom. The van der Waals surface area contributed by atoms with Crippen molar-refractivity contribution in [2.75, 3.05) is 0 Å². The van der Waals surface area contributed by atoms with Crippen LogP contribution in [0.15, 0.2) is 91.0 Å². The van der Waals surface area contributed by atoms with Gasteiger partial charge in [0.15, 0.2) is 0 Å². The monoisotopic (exact) mass is 388 g/mol. The number of allylic oxidation sites excluding steroid dienone is 1. The van der Waals surface area contributed by atoms with E-state index >= 15 is 0 Å². The molecule has 1 aliphatic carbocycles. The van der Waals surface area contributed by atoms with Crippen LogP contribution < -0.4 is 0 Å².